The maximum absolute atomic E-state index is 12.4. The van der Waals surface area contributed by atoms with E-state index in [-0.39, 0.29) is 11.8 Å². The average molecular weight is 337 g/mol. The van der Waals surface area contributed by atoms with E-state index in [9.17, 15) is 9.59 Å². The molecular formula is C20H23N3O2. The van der Waals surface area contributed by atoms with Crippen molar-refractivity contribution in [3.63, 3.8) is 0 Å². The van der Waals surface area contributed by atoms with E-state index in [0.717, 1.165) is 18.7 Å². The Hall–Kier alpha value is -2.66. The first-order valence-electron chi connectivity index (χ1n) is 8.53. The van der Waals surface area contributed by atoms with Gasteiger partial charge in [0.05, 0.1) is 0 Å². The lowest BCUT2D eigenvalue weighted by Crippen LogP contribution is -2.27. The first kappa shape index (κ1) is 17.2. The van der Waals surface area contributed by atoms with Crippen LogP contribution in [0.2, 0.25) is 0 Å². The van der Waals surface area contributed by atoms with Crippen molar-refractivity contribution >= 4 is 11.8 Å². The summed E-state index contributed by atoms with van der Waals surface area (Å²) in [5.41, 5.74) is 4.72. The summed E-state index contributed by atoms with van der Waals surface area (Å²) in [5, 5.41) is 6.24. The predicted molar refractivity (Wildman–Crippen MR) is 97.2 cm³/mol. The van der Waals surface area contributed by atoms with E-state index >= 15 is 0 Å². The summed E-state index contributed by atoms with van der Waals surface area (Å²) >= 11 is 0. The van der Waals surface area contributed by atoms with Crippen molar-refractivity contribution in [1.82, 2.24) is 15.5 Å². The molecule has 0 unspecified atom stereocenters. The van der Waals surface area contributed by atoms with Gasteiger partial charge in [-0.2, -0.15) is 0 Å². The molecule has 0 saturated heterocycles. The minimum atomic E-state index is -0.174. The molecule has 2 N–H and O–H groups in total. The van der Waals surface area contributed by atoms with Gasteiger partial charge in [0, 0.05) is 44.4 Å². The number of hydrogen-bond donors (Lipinski definition) is 2. The summed E-state index contributed by atoms with van der Waals surface area (Å²) in [6, 6.07) is 13.1. The molecule has 3 rings (SSSR count). The molecular weight excluding hydrogens is 314 g/mol. The molecule has 0 aromatic heterocycles. The number of nitrogens with one attached hydrogen (secondary N) is 2. The molecule has 1 aliphatic heterocycles. The molecule has 1 aliphatic rings. The fourth-order valence-corrected chi connectivity index (χ4v) is 2.90. The number of carbonyl (C=O) groups excluding carboxylic acids is 2. The van der Waals surface area contributed by atoms with E-state index in [1.54, 1.807) is 36.2 Å². The largest absolute Gasteiger partial charge is 0.348 e. The Labute approximate surface area is 148 Å². The van der Waals surface area contributed by atoms with Crippen LogP contribution in [0, 0.1) is 0 Å². The Morgan fingerprint density at radius 3 is 2.64 bits per heavy atom. The minimum absolute atomic E-state index is 0.0803. The average Bonchev–Trinajstić information content (AvgIpc) is 3.12. The molecule has 0 aliphatic carbocycles. The molecule has 2 amide bonds. The minimum Gasteiger partial charge on any atom is -0.348 e. The van der Waals surface area contributed by atoms with Crippen molar-refractivity contribution in [3.8, 4) is 0 Å². The summed E-state index contributed by atoms with van der Waals surface area (Å²) in [7, 11) is 1.75. The molecule has 2 aromatic rings. The fraction of sp³-hybridized carbons (Fsp3) is 0.300. The van der Waals surface area contributed by atoms with Crippen LogP contribution in [0.25, 0.3) is 0 Å². The van der Waals surface area contributed by atoms with E-state index in [4.69, 9.17) is 0 Å². The van der Waals surface area contributed by atoms with E-state index in [2.05, 4.69) is 22.8 Å². The smallest absolute Gasteiger partial charge is 0.253 e. The van der Waals surface area contributed by atoms with Crippen molar-refractivity contribution in [2.45, 2.75) is 26.6 Å². The van der Waals surface area contributed by atoms with Gasteiger partial charge in [0.1, 0.15) is 0 Å². The van der Waals surface area contributed by atoms with Crippen LogP contribution in [0.3, 0.4) is 0 Å². The topological polar surface area (TPSA) is 61.4 Å². The SMILES string of the molecule is CCN(C)C(=O)c1cccc(C(=O)NCc2ccc3c(c2)CNC3)c1. The van der Waals surface area contributed by atoms with E-state index in [1.807, 2.05) is 13.0 Å². The Morgan fingerprint density at radius 2 is 1.84 bits per heavy atom. The monoisotopic (exact) mass is 337 g/mol. The summed E-state index contributed by atoms with van der Waals surface area (Å²) in [5.74, 6) is -0.254. The third-order valence-corrected chi connectivity index (χ3v) is 4.55. The van der Waals surface area contributed by atoms with Crippen LogP contribution in [-0.4, -0.2) is 30.3 Å². The maximum Gasteiger partial charge on any atom is 0.253 e. The molecule has 0 bridgehead atoms. The molecule has 0 spiro atoms. The van der Waals surface area contributed by atoms with Crippen LogP contribution in [-0.2, 0) is 19.6 Å². The molecule has 130 valence electrons. The molecule has 2 aromatic carbocycles. The van der Waals surface area contributed by atoms with Crippen LogP contribution >= 0.6 is 0 Å². The highest BCUT2D eigenvalue weighted by Crippen LogP contribution is 2.17. The van der Waals surface area contributed by atoms with E-state index < -0.39 is 0 Å². The molecule has 0 fully saturated rings. The second kappa shape index (κ2) is 7.49. The zero-order valence-corrected chi connectivity index (χ0v) is 14.6. The quantitative estimate of drug-likeness (QED) is 0.880. The van der Waals surface area contributed by atoms with Crippen molar-refractivity contribution in [2.24, 2.45) is 0 Å². The van der Waals surface area contributed by atoms with Crippen molar-refractivity contribution in [2.75, 3.05) is 13.6 Å². The molecule has 25 heavy (non-hydrogen) atoms. The normalized spacial score (nSPS) is 12.6. The summed E-state index contributed by atoms with van der Waals surface area (Å²) in [6.07, 6.45) is 0. The highest BCUT2D eigenvalue weighted by molar-refractivity contribution is 5.99. The van der Waals surface area contributed by atoms with Gasteiger partial charge in [-0.15, -0.1) is 0 Å². The van der Waals surface area contributed by atoms with Gasteiger partial charge in [-0.25, -0.2) is 0 Å². The highest BCUT2D eigenvalue weighted by Gasteiger charge is 2.14. The van der Waals surface area contributed by atoms with Crippen LogP contribution in [0.4, 0.5) is 0 Å². The zero-order chi connectivity index (χ0) is 17.8. The lowest BCUT2D eigenvalue weighted by molar-refractivity contribution is 0.0802. The fourth-order valence-electron chi connectivity index (χ4n) is 2.90. The Morgan fingerprint density at radius 1 is 1.08 bits per heavy atom. The van der Waals surface area contributed by atoms with Crippen molar-refractivity contribution in [1.29, 1.82) is 0 Å². The van der Waals surface area contributed by atoms with Gasteiger partial charge in [-0.3, -0.25) is 9.59 Å². The lowest BCUT2D eigenvalue weighted by atomic mass is 10.1. The van der Waals surface area contributed by atoms with Crippen LogP contribution in [0.5, 0.6) is 0 Å². The molecule has 5 nitrogen and oxygen atoms in total. The number of hydrogen-bond acceptors (Lipinski definition) is 3. The standard InChI is InChI=1S/C20H23N3O2/c1-3-23(2)20(25)16-6-4-5-15(10-16)19(24)22-11-14-7-8-17-12-21-13-18(17)9-14/h4-10,21H,3,11-13H2,1-2H3,(H,22,24). The van der Waals surface area contributed by atoms with E-state index in [1.165, 1.54) is 11.1 Å². The highest BCUT2D eigenvalue weighted by atomic mass is 16.2. The van der Waals surface area contributed by atoms with Gasteiger partial charge in [-0.05, 0) is 41.8 Å². The first-order valence-corrected chi connectivity index (χ1v) is 8.53. The molecule has 0 radical (unpaired) electrons. The number of benzene rings is 2. The third kappa shape index (κ3) is 3.88. The molecule has 1 heterocycles. The Bertz CT molecular complexity index is 801. The van der Waals surface area contributed by atoms with Gasteiger partial charge in [-0.1, -0.05) is 24.3 Å². The second-order valence-corrected chi connectivity index (χ2v) is 6.29. The maximum atomic E-state index is 12.4. The van der Waals surface area contributed by atoms with Crippen LogP contribution < -0.4 is 10.6 Å². The predicted octanol–water partition coefficient (Wildman–Crippen LogP) is 2.31. The lowest BCUT2D eigenvalue weighted by Gasteiger charge is -2.15. The number of rotatable bonds is 5. The third-order valence-electron chi connectivity index (χ3n) is 4.55. The summed E-state index contributed by atoms with van der Waals surface area (Å²) < 4.78 is 0. The van der Waals surface area contributed by atoms with Gasteiger partial charge >= 0.3 is 0 Å². The van der Waals surface area contributed by atoms with Gasteiger partial charge in [0.15, 0.2) is 0 Å². The van der Waals surface area contributed by atoms with Crippen molar-refractivity contribution in [3.05, 3.63) is 70.3 Å². The number of fused-ring (bicyclic) bond motifs is 1. The molecule has 5 heteroatoms. The first-order chi connectivity index (χ1) is 12.1. The van der Waals surface area contributed by atoms with Gasteiger partial charge < -0.3 is 15.5 Å². The number of amides is 2. The Kier molecular flexibility index (Phi) is 5.14. The zero-order valence-electron chi connectivity index (χ0n) is 14.6. The van der Waals surface area contributed by atoms with Crippen LogP contribution in [0.15, 0.2) is 42.5 Å². The van der Waals surface area contributed by atoms with Crippen molar-refractivity contribution < 1.29 is 9.59 Å². The number of nitrogens with zero attached hydrogens (tertiary/aromatic N) is 1. The summed E-state index contributed by atoms with van der Waals surface area (Å²) in [6.45, 7) is 4.81. The number of carbonyl (C=O) groups is 2. The van der Waals surface area contributed by atoms with Gasteiger partial charge in [0.2, 0.25) is 0 Å². The van der Waals surface area contributed by atoms with Gasteiger partial charge in [0.25, 0.3) is 11.8 Å². The second-order valence-electron chi connectivity index (χ2n) is 6.29. The molecule has 0 atom stereocenters. The molecule has 0 saturated carbocycles. The van der Waals surface area contributed by atoms with E-state index in [0.29, 0.717) is 24.2 Å². The van der Waals surface area contributed by atoms with Crippen LogP contribution in [0.1, 0.15) is 44.3 Å². The Balaban J connectivity index is 1.66. The summed E-state index contributed by atoms with van der Waals surface area (Å²) in [4.78, 5) is 26.3.